The van der Waals surface area contributed by atoms with Gasteiger partial charge in [0.15, 0.2) is 0 Å². The number of carbonyl (C=O) groups excluding carboxylic acids is 3. The summed E-state index contributed by atoms with van der Waals surface area (Å²) in [6, 6.07) is 7.04. The first-order chi connectivity index (χ1) is 13.0. The van der Waals surface area contributed by atoms with Crippen LogP contribution in [-0.2, 0) is 9.59 Å². The quantitative estimate of drug-likeness (QED) is 0.638. The summed E-state index contributed by atoms with van der Waals surface area (Å²) in [5, 5.41) is 2.33. The van der Waals surface area contributed by atoms with Gasteiger partial charge in [-0.05, 0) is 50.5 Å². The normalized spacial score (nSPS) is 20.1. The van der Waals surface area contributed by atoms with Crippen LogP contribution in [0, 0.1) is 0 Å². The van der Waals surface area contributed by atoms with Gasteiger partial charge in [0, 0.05) is 24.8 Å². The molecule has 1 aliphatic heterocycles. The number of carbonyl (C=O) groups is 3. The number of nitrogens with zero attached hydrogens (tertiary/aromatic N) is 2. The predicted molar refractivity (Wildman–Crippen MR) is 105 cm³/mol. The Morgan fingerprint density at radius 1 is 1.04 bits per heavy atom. The highest BCUT2D eigenvalue weighted by atomic mass is 16.2. The Balaban J connectivity index is 1.84. The summed E-state index contributed by atoms with van der Waals surface area (Å²) in [6.45, 7) is 6.02. The van der Waals surface area contributed by atoms with Gasteiger partial charge < -0.3 is 4.90 Å². The molecule has 0 atom stereocenters. The third-order valence-corrected chi connectivity index (χ3v) is 5.41. The molecule has 1 aromatic carbocycles. The maximum atomic E-state index is 12.9. The molecule has 2 aliphatic rings. The smallest absolute Gasteiger partial charge is 0.331 e. The summed E-state index contributed by atoms with van der Waals surface area (Å²) in [5.41, 5.74) is 1.89. The van der Waals surface area contributed by atoms with E-state index in [9.17, 15) is 14.4 Å². The minimum atomic E-state index is -0.620. The molecule has 1 saturated heterocycles. The van der Waals surface area contributed by atoms with Crippen LogP contribution in [0.4, 0.5) is 10.5 Å². The molecule has 0 aromatic heterocycles. The second-order valence-corrected chi connectivity index (χ2v) is 7.05. The molecule has 1 aromatic rings. The minimum Gasteiger partial charge on any atom is -0.372 e. The SMILES string of the molecule is CCN(CC)c1ccc(C=C2C(=O)NC(=O)N(C3CCCCC3)C2=O)cc1. The van der Waals surface area contributed by atoms with E-state index in [1.165, 1.54) is 4.90 Å². The molecule has 1 heterocycles. The van der Waals surface area contributed by atoms with Gasteiger partial charge in [-0.15, -0.1) is 0 Å². The molecule has 27 heavy (non-hydrogen) atoms. The predicted octanol–water partition coefficient (Wildman–Crippen LogP) is 3.33. The fourth-order valence-electron chi connectivity index (χ4n) is 3.88. The van der Waals surface area contributed by atoms with Gasteiger partial charge in [0.05, 0.1) is 0 Å². The van der Waals surface area contributed by atoms with Crippen molar-refractivity contribution in [2.75, 3.05) is 18.0 Å². The van der Waals surface area contributed by atoms with Crippen molar-refractivity contribution in [1.29, 1.82) is 0 Å². The number of imide groups is 2. The number of benzene rings is 1. The first-order valence-corrected chi connectivity index (χ1v) is 9.80. The number of hydrogen-bond acceptors (Lipinski definition) is 4. The summed E-state index contributed by atoms with van der Waals surface area (Å²) < 4.78 is 0. The van der Waals surface area contributed by atoms with Gasteiger partial charge in [-0.1, -0.05) is 31.4 Å². The van der Waals surface area contributed by atoms with Crippen molar-refractivity contribution in [3.8, 4) is 0 Å². The lowest BCUT2D eigenvalue weighted by atomic mass is 9.93. The Kier molecular flexibility index (Phi) is 5.94. The first-order valence-electron chi connectivity index (χ1n) is 9.80. The van der Waals surface area contributed by atoms with E-state index in [1.807, 2.05) is 24.3 Å². The Hall–Kier alpha value is -2.63. The molecule has 2 fully saturated rings. The molecule has 1 aliphatic carbocycles. The molecule has 4 amide bonds. The number of urea groups is 1. The van der Waals surface area contributed by atoms with Gasteiger partial charge in [0.1, 0.15) is 5.57 Å². The second kappa shape index (κ2) is 8.37. The molecule has 3 rings (SSSR count). The minimum absolute atomic E-state index is 0.0239. The topological polar surface area (TPSA) is 69.7 Å². The zero-order valence-corrected chi connectivity index (χ0v) is 16.0. The molecule has 6 nitrogen and oxygen atoms in total. The van der Waals surface area contributed by atoms with Crippen LogP contribution < -0.4 is 10.2 Å². The third kappa shape index (κ3) is 4.04. The van der Waals surface area contributed by atoms with Crippen molar-refractivity contribution >= 4 is 29.6 Å². The lowest BCUT2D eigenvalue weighted by molar-refractivity contribution is -0.132. The van der Waals surface area contributed by atoms with E-state index >= 15 is 0 Å². The van der Waals surface area contributed by atoms with E-state index in [2.05, 4.69) is 24.1 Å². The highest BCUT2D eigenvalue weighted by molar-refractivity contribution is 6.31. The lowest BCUT2D eigenvalue weighted by Gasteiger charge is -2.35. The molecule has 144 valence electrons. The average molecular weight is 369 g/mol. The van der Waals surface area contributed by atoms with E-state index in [4.69, 9.17) is 0 Å². The van der Waals surface area contributed by atoms with Crippen molar-refractivity contribution in [2.45, 2.75) is 52.0 Å². The molecular formula is C21H27N3O3. The molecule has 1 N–H and O–H groups in total. The second-order valence-electron chi connectivity index (χ2n) is 7.05. The fraction of sp³-hybridized carbons (Fsp3) is 0.476. The van der Waals surface area contributed by atoms with E-state index in [1.54, 1.807) is 6.08 Å². The summed E-state index contributed by atoms with van der Waals surface area (Å²) >= 11 is 0. The highest BCUT2D eigenvalue weighted by Crippen LogP contribution is 2.26. The first kappa shape index (κ1) is 19.1. The molecule has 0 spiro atoms. The van der Waals surface area contributed by atoms with Crippen molar-refractivity contribution in [2.24, 2.45) is 0 Å². The van der Waals surface area contributed by atoms with E-state index in [-0.39, 0.29) is 11.6 Å². The summed E-state index contributed by atoms with van der Waals surface area (Å²) in [7, 11) is 0. The number of rotatable bonds is 5. The van der Waals surface area contributed by atoms with E-state index in [0.717, 1.165) is 56.4 Å². The number of anilines is 1. The Labute approximate surface area is 160 Å². The average Bonchev–Trinajstić information content (AvgIpc) is 2.68. The molecular weight excluding hydrogens is 342 g/mol. The van der Waals surface area contributed by atoms with Gasteiger partial charge in [0.2, 0.25) is 0 Å². The van der Waals surface area contributed by atoms with Gasteiger partial charge in [-0.3, -0.25) is 19.8 Å². The van der Waals surface area contributed by atoms with Gasteiger partial charge >= 0.3 is 6.03 Å². The zero-order chi connectivity index (χ0) is 19.4. The maximum Gasteiger partial charge on any atom is 0.331 e. The fourth-order valence-corrected chi connectivity index (χ4v) is 3.88. The molecule has 6 heteroatoms. The van der Waals surface area contributed by atoms with Crippen molar-refractivity contribution < 1.29 is 14.4 Å². The van der Waals surface area contributed by atoms with Crippen LogP contribution in [-0.4, -0.2) is 41.9 Å². The van der Waals surface area contributed by atoms with E-state index < -0.39 is 17.8 Å². The standard InChI is InChI=1S/C21H27N3O3/c1-3-23(4-2)16-12-10-15(11-13-16)14-18-19(25)22-21(27)24(20(18)26)17-8-6-5-7-9-17/h10-14,17H,3-9H2,1-2H3,(H,22,25,27). The van der Waals surface area contributed by atoms with Crippen LogP contribution in [0.15, 0.2) is 29.8 Å². The lowest BCUT2D eigenvalue weighted by Crippen LogP contribution is -2.58. The van der Waals surface area contributed by atoms with E-state index in [0.29, 0.717) is 0 Å². The monoisotopic (exact) mass is 369 g/mol. The summed E-state index contributed by atoms with van der Waals surface area (Å²) in [6.07, 6.45) is 6.31. The van der Waals surface area contributed by atoms with Gasteiger partial charge in [-0.2, -0.15) is 0 Å². The zero-order valence-electron chi connectivity index (χ0n) is 16.0. The largest absolute Gasteiger partial charge is 0.372 e. The number of barbiturate groups is 1. The van der Waals surface area contributed by atoms with Crippen LogP contribution in [0.3, 0.4) is 0 Å². The third-order valence-electron chi connectivity index (χ3n) is 5.41. The summed E-state index contributed by atoms with van der Waals surface area (Å²) in [4.78, 5) is 40.9. The summed E-state index contributed by atoms with van der Waals surface area (Å²) in [5.74, 6) is -1.10. The molecule has 0 radical (unpaired) electrons. The number of hydrogen-bond donors (Lipinski definition) is 1. The van der Waals surface area contributed by atoms with Crippen molar-refractivity contribution in [3.05, 3.63) is 35.4 Å². The van der Waals surface area contributed by atoms with Crippen LogP contribution in [0.25, 0.3) is 6.08 Å². The van der Waals surface area contributed by atoms with Crippen molar-refractivity contribution in [1.82, 2.24) is 10.2 Å². The van der Waals surface area contributed by atoms with Crippen molar-refractivity contribution in [3.63, 3.8) is 0 Å². The van der Waals surface area contributed by atoms with Gasteiger partial charge in [-0.25, -0.2) is 4.79 Å². The van der Waals surface area contributed by atoms with Crippen LogP contribution >= 0.6 is 0 Å². The molecule has 0 unspecified atom stereocenters. The van der Waals surface area contributed by atoms with Crippen LogP contribution in [0.1, 0.15) is 51.5 Å². The van der Waals surface area contributed by atoms with Crippen LogP contribution in [0.2, 0.25) is 0 Å². The number of amides is 4. The highest BCUT2D eigenvalue weighted by Gasteiger charge is 2.40. The Morgan fingerprint density at radius 2 is 1.67 bits per heavy atom. The Morgan fingerprint density at radius 3 is 2.26 bits per heavy atom. The molecule has 1 saturated carbocycles. The number of nitrogens with one attached hydrogen (secondary N) is 1. The van der Waals surface area contributed by atoms with Gasteiger partial charge in [0.25, 0.3) is 11.8 Å². The maximum absolute atomic E-state index is 12.9. The molecule has 0 bridgehead atoms. The van der Waals surface area contributed by atoms with Crippen LogP contribution in [0.5, 0.6) is 0 Å². The Bertz CT molecular complexity index is 744.